The van der Waals surface area contributed by atoms with Crippen molar-refractivity contribution >= 4 is 29.9 Å². The van der Waals surface area contributed by atoms with Gasteiger partial charge in [0.2, 0.25) is 0 Å². The van der Waals surface area contributed by atoms with Gasteiger partial charge in [-0.1, -0.05) is 44.1 Å². The van der Waals surface area contributed by atoms with E-state index in [2.05, 4.69) is 47.6 Å². The maximum absolute atomic E-state index is 5.43. The first-order valence-corrected chi connectivity index (χ1v) is 8.58. The van der Waals surface area contributed by atoms with Crippen LogP contribution < -0.4 is 15.4 Å². The van der Waals surface area contributed by atoms with Crippen LogP contribution in [0.1, 0.15) is 49.6 Å². The summed E-state index contributed by atoms with van der Waals surface area (Å²) in [6.45, 7) is 7.63. The van der Waals surface area contributed by atoms with Gasteiger partial charge >= 0.3 is 0 Å². The van der Waals surface area contributed by atoms with Gasteiger partial charge in [-0.15, -0.1) is 24.0 Å². The van der Waals surface area contributed by atoms with Crippen LogP contribution in [0.5, 0.6) is 5.75 Å². The lowest BCUT2D eigenvalue weighted by Crippen LogP contribution is -2.38. The number of halogens is 1. The zero-order valence-electron chi connectivity index (χ0n) is 16.1. The highest BCUT2D eigenvalue weighted by Gasteiger charge is 2.12. The van der Waals surface area contributed by atoms with Gasteiger partial charge in [0.25, 0.3) is 0 Å². The van der Waals surface area contributed by atoms with Crippen molar-refractivity contribution < 1.29 is 9.26 Å². The summed E-state index contributed by atoms with van der Waals surface area (Å²) in [5.41, 5.74) is 2.13. The van der Waals surface area contributed by atoms with Crippen LogP contribution in [0.15, 0.2) is 39.8 Å². The Bertz CT molecular complexity index is 700. The van der Waals surface area contributed by atoms with Crippen molar-refractivity contribution in [3.63, 3.8) is 0 Å². The summed E-state index contributed by atoms with van der Waals surface area (Å²) in [4.78, 5) is 4.25. The van der Waals surface area contributed by atoms with E-state index in [1.165, 1.54) is 5.56 Å². The van der Waals surface area contributed by atoms with Crippen LogP contribution in [0.25, 0.3) is 0 Å². The lowest BCUT2D eigenvalue weighted by molar-refractivity contribution is 0.372. The molecule has 1 unspecified atom stereocenters. The Hall–Kier alpha value is -1.77. The number of benzene rings is 1. The third kappa shape index (κ3) is 6.19. The van der Waals surface area contributed by atoms with E-state index in [9.17, 15) is 0 Å². The Morgan fingerprint density at radius 1 is 1.23 bits per heavy atom. The molecule has 0 aliphatic heterocycles. The molecule has 0 amide bonds. The number of para-hydroxylation sites is 1. The van der Waals surface area contributed by atoms with Crippen LogP contribution in [0.3, 0.4) is 0 Å². The summed E-state index contributed by atoms with van der Waals surface area (Å²) < 4.78 is 10.8. The van der Waals surface area contributed by atoms with Crippen molar-refractivity contribution in [3.8, 4) is 5.75 Å². The second-order valence-electron chi connectivity index (χ2n) is 6.32. The smallest absolute Gasteiger partial charge is 0.191 e. The van der Waals surface area contributed by atoms with E-state index in [4.69, 9.17) is 9.26 Å². The molecule has 0 aliphatic rings. The standard InChI is InChI=1S/C19H28N4O2.HI/c1-13(2)17-10-15(25-23-17)12-22-19(20-4)21-11-14(3)16-8-6-7-9-18(16)24-5;/h6-10,13-14H,11-12H2,1-5H3,(H2,20,21,22);1H. The first kappa shape index (κ1) is 22.3. The van der Waals surface area contributed by atoms with Crippen molar-refractivity contribution in [2.75, 3.05) is 20.7 Å². The number of nitrogens with one attached hydrogen (secondary N) is 2. The largest absolute Gasteiger partial charge is 0.496 e. The van der Waals surface area contributed by atoms with Gasteiger partial charge in [0, 0.05) is 25.6 Å². The number of methoxy groups -OCH3 is 1. The summed E-state index contributed by atoms with van der Waals surface area (Å²) in [5, 5.41) is 10.7. The molecular weight excluding hydrogens is 443 g/mol. The fourth-order valence-electron chi connectivity index (χ4n) is 2.51. The van der Waals surface area contributed by atoms with E-state index in [0.717, 1.165) is 29.7 Å². The van der Waals surface area contributed by atoms with Gasteiger partial charge in [-0.3, -0.25) is 4.99 Å². The summed E-state index contributed by atoms with van der Waals surface area (Å²) in [6, 6.07) is 10.0. The Morgan fingerprint density at radius 2 is 1.96 bits per heavy atom. The fourth-order valence-corrected chi connectivity index (χ4v) is 2.51. The van der Waals surface area contributed by atoms with Gasteiger partial charge in [-0.05, 0) is 17.5 Å². The summed E-state index contributed by atoms with van der Waals surface area (Å²) >= 11 is 0. The number of hydrogen-bond donors (Lipinski definition) is 2. The molecule has 6 nitrogen and oxygen atoms in total. The molecule has 0 aliphatic carbocycles. The summed E-state index contributed by atoms with van der Waals surface area (Å²) in [5.74, 6) is 3.07. The monoisotopic (exact) mass is 472 g/mol. The van der Waals surface area contributed by atoms with Crippen molar-refractivity contribution in [1.29, 1.82) is 0 Å². The van der Waals surface area contributed by atoms with Gasteiger partial charge in [-0.2, -0.15) is 0 Å². The number of rotatable bonds is 7. The average molecular weight is 472 g/mol. The minimum absolute atomic E-state index is 0. The maximum atomic E-state index is 5.43. The molecule has 0 radical (unpaired) electrons. The Kier molecular flexibility index (Phi) is 9.47. The van der Waals surface area contributed by atoms with E-state index in [0.29, 0.717) is 12.5 Å². The van der Waals surface area contributed by atoms with E-state index in [-0.39, 0.29) is 29.9 Å². The van der Waals surface area contributed by atoms with Gasteiger partial charge in [0.15, 0.2) is 11.7 Å². The number of hydrogen-bond acceptors (Lipinski definition) is 4. The molecule has 0 saturated carbocycles. The molecule has 2 rings (SSSR count). The van der Waals surface area contributed by atoms with Crippen LogP contribution in [-0.2, 0) is 6.54 Å². The molecular formula is C19H29IN4O2. The quantitative estimate of drug-likeness (QED) is 0.364. The fraction of sp³-hybridized carbons (Fsp3) is 0.474. The minimum atomic E-state index is 0. The third-order valence-corrected chi connectivity index (χ3v) is 4.07. The SMILES string of the molecule is CN=C(NCc1cc(C(C)C)no1)NCC(C)c1ccccc1OC.I. The summed E-state index contributed by atoms with van der Waals surface area (Å²) in [7, 11) is 3.45. The van der Waals surface area contributed by atoms with E-state index in [1.807, 2.05) is 24.3 Å². The topological polar surface area (TPSA) is 71.7 Å². The molecule has 1 aromatic carbocycles. The first-order valence-electron chi connectivity index (χ1n) is 8.58. The van der Waals surface area contributed by atoms with Crippen LogP contribution in [0.4, 0.5) is 0 Å². The highest BCUT2D eigenvalue weighted by atomic mass is 127. The molecule has 7 heteroatoms. The molecule has 2 N–H and O–H groups in total. The van der Waals surface area contributed by atoms with Crippen LogP contribution in [0.2, 0.25) is 0 Å². The van der Waals surface area contributed by atoms with Crippen LogP contribution in [-0.4, -0.2) is 31.8 Å². The maximum Gasteiger partial charge on any atom is 0.191 e. The highest BCUT2D eigenvalue weighted by Crippen LogP contribution is 2.25. The van der Waals surface area contributed by atoms with Crippen molar-refractivity contribution in [2.24, 2.45) is 4.99 Å². The number of ether oxygens (including phenoxy) is 1. The third-order valence-electron chi connectivity index (χ3n) is 4.07. The van der Waals surface area contributed by atoms with E-state index >= 15 is 0 Å². The predicted octanol–water partition coefficient (Wildman–Crippen LogP) is 3.89. The van der Waals surface area contributed by atoms with Gasteiger partial charge in [0.05, 0.1) is 19.3 Å². The molecule has 1 aromatic heterocycles. The van der Waals surface area contributed by atoms with Crippen LogP contribution >= 0.6 is 24.0 Å². The molecule has 144 valence electrons. The number of guanidine groups is 1. The normalized spacial score (nSPS) is 12.5. The Labute approximate surface area is 172 Å². The molecule has 2 aromatic rings. The second kappa shape index (κ2) is 11.1. The summed E-state index contributed by atoms with van der Waals surface area (Å²) in [6.07, 6.45) is 0. The molecule has 1 heterocycles. The van der Waals surface area contributed by atoms with Crippen molar-refractivity contribution in [2.45, 2.75) is 39.2 Å². The molecule has 0 bridgehead atoms. The van der Waals surface area contributed by atoms with E-state index in [1.54, 1.807) is 14.2 Å². The van der Waals surface area contributed by atoms with Crippen LogP contribution in [0, 0.1) is 0 Å². The highest BCUT2D eigenvalue weighted by molar-refractivity contribution is 14.0. The zero-order chi connectivity index (χ0) is 18.2. The predicted molar refractivity (Wildman–Crippen MR) is 116 cm³/mol. The second-order valence-corrected chi connectivity index (χ2v) is 6.32. The molecule has 26 heavy (non-hydrogen) atoms. The Morgan fingerprint density at radius 3 is 2.58 bits per heavy atom. The van der Waals surface area contributed by atoms with Crippen molar-refractivity contribution in [3.05, 3.63) is 47.3 Å². The molecule has 0 fully saturated rings. The van der Waals surface area contributed by atoms with Gasteiger partial charge in [-0.25, -0.2) is 0 Å². The Balaban J connectivity index is 0.00000338. The number of aliphatic imine (C=N–C) groups is 1. The molecule has 0 saturated heterocycles. The lowest BCUT2D eigenvalue weighted by Gasteiger charge is -2.18. The number of aromatic nitrogens is 1. The zero-order valence-corrected chi connectivity index (χ0v) is 18.4. The van der Waals surface area contributed by atoms with Gasteiger partial charge in [0.1, 0.15) is 5.75 Å². The average Bonchev–Trinajstić information content (AvgIpc) is 3.11. The minimum Gasteiger partial charge on any atom is -0.496 e. The molecule has 1 atom stereocenters. The van der Waals surface area contributed by atoms with Gasteiger partial charge < -0.3 is 19.9 Å². The first-order chi connectivity index (χ1) is 12.0. The van der Waals surface area contributed by atoms with Crippen molar-refractivity contribution in [1.82, 2.24) is 15.8 Å². The number of nitrogens with zero attached hydrogens (tertiary/aromatic N) is 2. The molecule has 0 spiro atoms. The lowest BCUT2D eigenvalue weighted by atomic mass is 10.0. The van der Waals surface area contributed by atoms with E-state index < -0.39 is 0 Å².